The van der Waals surface area contributed by atoms with Crippen LogP contribution in [-0.2, 0) is 20.8 Å². The molecule has 1 aliphatic rings. The summed E-state index contributed by atoms with van der Waals surface area (Å²) in [5, 5.41) is 8.25. The quantitative estimate of drug-likeness (QED) is 0.594. The first kappa shape index (κ1) is 24.3. The van der Waals surface area contributed by atoms with Crippen LogP contribution in [0.2, 0.25) is 0 Å². The zero-order valence-corrected chi connectivity index (χ0v) is 19.5. The number of carbonyl (C=O) groups is 3. The highest BCUT2D eigenvalue weighted by molar-refractivity contribution is 6.09. The Kier molecular flexibility index (Phi) is 7.43. The molecule has 0 saturated heterocycles. The van der Waals surface area contributed by atoms with Crippen molar-refractivity contribution in [2.45, 2.75) is 52.2 Å². The van der Waals surface area contributed by atoms with E-state index < -0.39 is 35.8 Å². The minimum absolute atomic E-state index is 0.0490. The van der Waals surface area contributed by atoms with Crippen LogP contribution in [0.4, 0.5) is 15.9 Å². The van der Waals surface area contributed by atoms with Gasteiger partial charge in [0.2, 0.25) is 11.8 Å². The van der Waals surface area contributed by atoms with E-state index in [-0.39, 0.29) is 23.9 Å². The van der Waals surface area contributed by atoms with Gasteiger partial charge in [-0.15, -0.1) is 0 Å². The van der Waals surface area contributed by atoms with E-state index in [0.29, 0.717) is 5.82 Å². The number of benzene rings is 1. The van der Waals surface area contributed by atoms with Gasteiger partial charge in [0.05, 0.1) is 11.7 Å². The lowest BCUT2D eigenvalue weighted by Crippen LogP contribution is -2.57. The highest BCUT2D eigenvalue weighted by Gasteiger charge is 2.43. The summed E-state index contributed by atoms with van der Waals surface area (Å²) in [6.07, 6.45) is 1.78. The molecule has 0 unspecified atom stereocenters. The molecule has 0 aliphatic carbocycles. The fraction of sp³-hybridized carbons (Fsp3) is 0.417. The summed E-state index contributed by atoms with van der Waals surface area (Å²) in [6.45, 7) is 7.12. The third kappa shape index (κ3) is 5.19. The second-order valence-electron chi connectivity index (χ2n) is 8.63. The molecule has 0 bridgehead atoms. The number of aromatic nitrogens is 1. The van der Waals surface area contributed by atoms with Crippen LogP contribution in [0.5, 0.6) is 0 Å². The van der Waals surface area contributed by atoms with Crippen molar-refractivity contribution in [1.29, 1.82) is 0 Å². The van der Waals surface area contributed by atoms with Gasteiger partial charge >= 0.3 is 0 Å². The minimum atomic E-state index is -0.929. The van der Waals surface area contributed by atoms with E-state index in [0.717, 1.165) is 11.1 Å². The maximum absolute atomic E-state index is 14.3. The lowest BCUT2D eigenvalue weighted by molar-refractivity contribution is -0.130. The largest absolute Gasteiger partial charge is 0.343 e. The summed E-state index contributed by atoms with van der Waals surface area (Å²) in [4.78, 5) is 45.1. The number of halogens is 1. The molecule has 3 amide bonds. The smallest absolute Gasteiger partial charge is 0.251 e. The molecular formula is C24H30FN5O3. The normalized spacial score (nSPS) is 16.8. The van der Waals surface area contributed by atoms with E-state index >= 15 is 0 Å². The maximum Gasteiger partial charge on any atom is 0.251 e. The fourth-order valence-electron chi connectivity index (χ4n) is 3.75. The average Bonchev–Trinajstić information content (AvgIpc) is 3.18. The first-order valence-electron chi connectivity index (χ1n) is 11.0. The Morgan fingerprint density at radius 2 is 1.91 bits per heavy atom. The number of anilines is 2. The zero-order chi connectivity index (χ0) is 24.3. The van der Waals surface area contributed by atoms with E-state index in [9.17, 15) is 18.8 Å². The summed E-state index contributed by atoms with van der Waals surface area (Å²) >= 11 is 0. The molecule has 176 valence electrons. The Bertz CT molecular complexity index is 1060. The second-order valence-corrected chi connectivity index (χ2v) is 8.63. The summed E-state index contributed by atoms with van der Waals surface area (Å²) in [5.74, 6) is -1.72. The molecule has 9 heteroatoms. The number of likely N-dealkylation sites (N-methyl/N-ethyl adjacent to an activating group) is 1. The van der Waals surface area contributed by atoms with Crippen LogP contribution in [0.25, 0.3) is 0 Å². The predicted molar refractivity (Wildman–Crippen MR) is 124 cm³/mol. The number of nitrogens with zero attached hydrogens (tertiary/aromatic N) is 2. The number of aryl methyl sites for hydroxylation is 1. The van der Waals surface area contributed by atoms with Crippen molar-refractivity contribution in [2.75, 3.05) is 17.3 Å². The molecule has 1 aromatic carbocycles. The third-order valence-electron chi connectivity index (χ3n) is 5.80. The number of amides is 3. The van der Waals surface area contributed by atoms with Crippen molar-refractivity contribution in [3.8, 4) is 0 Å². The van der Waals surface area contributed by atoms with Crippen LogP contribution in [-0.4, -0.2) is 47.9 Å². The van der Waals surface area contributed by atoms with Gasteiger partial charge in [-0.25, -0.2) is 9.37 Å². The van der Waals surface area contributed by atoms with E-state index in [1.165, 1.54) is 17.0 Å². The molecule has 0 saturated carbocycles. The number of hydrogen-bond donors (Lipinski definition) is 3. The number of rotatable bonds is 7. The average molecular weight is 456 g/mol. The van der Waals surface area contributed by atoms with Gasteiger partial charge < -0.3 is 16.0 Å². The van der Waals surface area contributed by atoms with Crippen LogP contribution in [0.1, 0.15) is 31.9 Å². The van der Waals surface area contributed by atoms with Crippen molar-refractivity contribution in [1.82, 2.24) is 15.6 Å². The summed E-state index contributed by atoms with van der Waals surface area (Å²) in [7, 11) is 1.65. The van der Waals surface area contributed by atoms with Gasteiger partial charge in [-0.3, -0.25) is 19.3 Å². The fourth-order valence-corrected chi connectivity index (χ4v) is 3.75. The molecule has 8 nitrogen and oxygen atoms in total. The minimum Gasteiger partial charge on any atom is -0.343 e. The van der Waals surface area contributed by atoms with Gasteiger partial charge in [-0.2, -0.15) is 0 Å². The Hall–Kier alpha value is -3.33. The van der Waals surface area contributed by atoms with Crippen LogP contribution in [0.3, 0.4) is 0 Å². The summed E-state index contributed by atoms with van der Waals surface area (Å²) in [5.41, 5.74) is 1.57. The van der Waals surface area contributed by atoms with Gasteiger partial charge in [-0.1, -0.05) is 26.0 Å². The maximum atomic E-state index is 14.3. The standard InChI is InChI=1S/C24H30FN5O3/c1-13(2)20(29-22(31)15(4)26-5)24(33)30-19(12-16-7-6-10-27-21(16)30)23(32)28-18-11-14(3)8-9-17(18)25/h6-11,13,15,19-20,26H,12H2,1-5H3,(H,28,32)(H,29,31)/t15-,19-,20-/m0/s1. The van der Waals surface area contributed by atoms with Gasteiger partial charge in [0, 0.05) is 12.6 Å². The molecule has 3 N–H and O–H groups in total. The van der Waals surface area contributed by atoms with Crippen LogP contribution in [0.15, 0.2) is 36.5 Å². The Balaban J connectivity index is 1.92. The molecule has 2 heterocycles. The molecule has 3 rings (SSSR count). The first-order chi connectivity index (χ1) is 15.6. The topological polar surface area (TPSA) is 103 Å². The molecule has 0 spiro atoms. The van der Waals surface area contributed by atoms with Crippen molar-refractivity contribution in [3.63, 3.8) is 0 Å². The van der Waals surface area contributed by atoms with Gasteiger partial charge in [0.15, 0.2) is 0 Å². The Morgan fingerprint density at radius 1 is 1.18 bits per heavy atom. The van der Waals surface area contributed by atoms with E-state index in [4.69, 9.17) is 0 Å². The van der Waals surface area contributed by atoms with E-state index in [2.05, 4.69) is 20.9 Å². The number of hydrogen-bond acceptors (Lipinski definition) is 5. The summed E-state index contributed by atoms with van der Waals surface area (Å²) in [6, 6.07) is 5.68. The van der Waals surface area contributed by atoms with E-state index in [1.54, 1.807) is 45.3 Å². The van der Waals surface area contributed by atoms with Crippen molar-refractivity contribution in [2.24, 2.45) is 5.92 Å². The number of pyridine rings is 1. The van der Waals surface area contributed by atoms with Crippen LogP contribution < -0.4 is 20.9 Å². The third-order valence-corrected chi connectivity index (χ3v) is 5.80. The molecule has 3 atom stereocenters. The predicted octanol–water partition coefficient (Wildman–Crippen LogP) is 2.17. The van der Waals surface area contributed by atoms with E-state index in [1.807, 2.05) is 13.8 Å². The highest BCUT2D eigenvalue weighted by atomic mass is 19.1. The van der Waals surface area contributed by atoms with Gasteiger partial charge in [0.25, 0.3) is 5.91 Å². The Morgan fingerprint density at radius 3 is 2.58 bits per heavy atom. The van der Waals surface area contributed by atoms with Crippen molar-refractivity contribution < 1.29 is 18.8 Å². The molecule has 1 aromatic heterocycles. The highest BCUT2D eigenvalue weighted by Crippen LogP contribution is 2.32. The molecule has 0 radical (unpaired) electrons. The van der Waals surface area contributed by atoms with Crippen molar-refractivity contribution in [3.05, 3.63) is 53.5 Å². The molecule has 2 aromatic rings. The lowest BCUT2D eigenvalue weighted by atomic mass is 10.0. The van der Waals surface area contributed by atoms with Gasteiger partial charge in [0.1, 0.15) is 23.7 Å². The lowest BCUT2D eigenvalue weighted by Gasteiger charge is -2.31. The number of fused-ring (bicyclic) bond motifs is 1. The Labute approximate surface area is 193 Å². The summed E-state index contributed by atoms with van der Waals surface area (Å²) < 4.78 is 14.3. The van der Waals surface area contributed by atoms with Crippen molar-refractivity contribution >= 4 is 29.2 Å². The first-order valence-corrected chi connectivity index (χ1v) is 11.0. The monoisotopic (exact) mass is 455 g/mol. The van der Waals surface area contributed by atoms with Gasteiger partial charge in [-0.05, 0) is 56.1 Å². The molecule has 1 aliphatic heterocycles. The second kappa shape index (κ2) is 10.1. The van der Waals surface area contributed by atoms with Crippen LogP contribution >= 0.6 is 0 Å². The SMILES string of the molecule is CN[C@@H](C)C(=O)N[C@H](C(=O)N1c2ncccc2C[C@H]1C(=O)Nc1cc(C)ccc1F)C(C)C. The molecular weight excluding hydrogens is 425 g/mol. The zero-order valence-electron chi connectivity index (χ0n) is 19.5. The number of carbonyl (C=O) groups excluding carboxylic acids is 3. The molecule has 0 fully saturated rings. The molecule has 33 heavy (non-hydrogen) atoms. The number of nitrogens with one attached hydrogen (secondary N) is 3. The van der Waals surface area contributed by atoms with Crippen LogP contribution in [0, 0.1) is 18.7 Å².